The Bertz CT molecular complexity index is 588. The first-order valence-corrected chi connectivity index (χ1v) is 8.06. The maximum Gasteiger partial charge on any atom is 0.341 e. The predicted molar refractivity (Wildman–Crippen MR) is 87.9 cm³/mol. The van der Waals surface area contributed by atoms with Gasteiger partial charge in [0.25, 0.3) is 5.91 Å². The van der Waals surface area contributed by atoms with Crippen LogP contribution in [0.15, 0.2) is 12.1 Å². The lowest BCUT2D eigenvalue weighted by atomic mass is 9.94. The van der Waals surface area contributed by atoms with E-state index in [4.69, 9.17) is 9.84 Å². The van der Waals surface area contributed by atoms with Crippen LogP contribution in [0, 0.1) is 19.8 Å². The highest BCUT2D eigenvalue weighted by molar-refractivity contribution is 5.95. The molecule has 0 bridgehead atoms. The molecule has 2 unspecified atom stereocenters. The zero-order chi connectivity index (χ0) is 17.1. The highest BCUT2D eigenvalue weighted by Crippen LogP contribution is 2.28. The van der Waals surface area contributed by atoms with Crippen LogP contribution in [0.25, 0.3) is 0 Å². The summed E-state index contributed by atoms with van der Waals surface area (Å²) in [5, 5.41) is 8.74. The molecular formula is C18H25NO4. The Morgan fingerprint density at radius 2 is 1.83 bits per heavy atom. The summed E-state index contributed by atoms with van der Waals surface area (Å²) in [4.78, 5) is 25.4. The quantitative estimate of drug-likeness (QED) is 0.926. The SMILES string of the molecule is Cc1cc(C(=O)N2CC(C)CCC2C)cc(C)c1OCC(=O)O. The first-order valence-electron chi connectivity index (χ1n) is 8.06. The molecule has 1 amide bonds. The third-order valence-electron chi connectivity index (χ3n) is 4.43. The van der Waals surface area contributed by atoms with E-state index in [1.165, 1.54) is 0 Å². The zero-order valence-electron chi connectivity index (χ0n) is 14.3. The summed E-state index contributed by atoms with van der Waals surface area (Å²) < 4.78 is 5.32. The molecule has 1 heterocycles. The maximum atomic E-state index is 12.8. The second-order valence-corrected chi connectivity index (χ2v) is 6.61. The molecule has 2 rings (SSSR count). The van der Waals surface area contributed by atoms with Crippen LogP contribution in [0.3, 0.4) is 0 Å². The number of carbonyl (C=O) groups excluding carboxylic acids is 1. The lowest BCUT2D eigenvalue weighted by molar-refractivity contribution is -0.139. The summed E-state index contributed by atoms with van der Waals surface area (Å²) in [6.45, 7) is 8.34. The average Bonchev–Trinajstić information content (AvgIpc) is 2.47. The van der Waals surface area contributed by atoms with Crippen molar-refractivity contribution in [3.05, 3.63) is 28.8 Å². The Morgan fingerprint density at radius 3 is 2.39 bits per heavy atom. The smallest absolute Gasteiger partial charge is 0.341 e. The van der Waals surface area contributed by atoms with Gasteiger partial charge in [-0.3, -0.25) is 4.79 Å². The first-order chi connectivity index (χ1) is 10.8. The van der Waals surface area contributed by atoms with Gasteiger partial charge in [-0.25, -0.2) is 4.79 Å². The molecule has 1 aromatic carbocycles. The van der Waals surface area contributed by atoms with Crippen LogP contribution in [-0.4, -0.2) is 41.1 Å². The average molecular weight is 319 g/mol. The fourth-order valence-electron chi connectivity index (χ4n) is 3.17. The van der Waals surface area contributed by atoms with E-state index < -0.39 is 5.97 Å². The predicted octanol–water partition coefficient (Wildman–Crippen LogP) is 3.03. The molecule has 126 valence electrons. The van der Waals surface area contributed by atoms with Crippen LogP contribution in [0.2, 0.25) is 0 Å². The maximum absolute atomic E-state index is 12.8. The monoisotopic (exact) mass is 319 g/mol. The van der Waals surface area contributed by atoms with Crippen molar-refractivity contribution in [2.75, 3.05) is 13.2 Å². The largest absolute Gasteiger partial charge is 0.481 e. The van der Waals surface area contributed by atoms with Crippen molar-refractivity contribution < 1.29 is 19.4 Å². The molecule has 0 saturated carbocycles. The third-order valence-corrected chi connectivity index (χ3v) is 4.43. The minimum absolute atomic E-state index is 0.0417. The van der Waals surface area contributed by atoms with Gasteiger partial charge < -0.3 is 14.7 Å². The Hall–Kier alpha value is -2.04. The van der Waals surface area contributed by atoms with Gasteiger partial charge in [-0.2, -0.15) is 0 Å². The van der Waals surface area contributed by atoms with E-state index in [-0.39, 0.29) is 18.6 Å². The molecule has 1 aliphatic rings. The second-order valence-electron chi connectivity index (χ2n) is 6.61. The van der Waals surface area contributed by atoms with Gasteiger partial charge in [-0.1, -0.05) is 6.92 Å². The summed E-state index contributed by atoms with van der Waals surface area (Å²) in [6.07, 6.45) is 2.19. The van der Waals surface area contributed by atoms with E-state index >= 15 is 0 Å². The van der Waals surface area contributed by atoms with Crippen LogP contribution in [0.1, 0.15) is 48.2 Å². The number of nitrogens with zero attached hydrogens (tertiary/aromatic N) is 1. The van der Waals surface area contributed by atoms with Crippen molar-refractivity contribution in [1.82, 2.24) is 4.90 Å². The molecule has 0 aliphatic carbocycles. The molecule has 23 heavy (non-hydrogen) atoms. The van der Waals surface area contributed by atoms with E-state index in [2.05, 4.69) is 13.8 Å². The normalized spacial score (nSPS) is 21.1. The fourth-order valence-corrected chi connectivity index (χ4v) is 3.17. The van der Waals surface area contributed by atoms with Gasteiger partial charge in [0, 0.05) is 18.2 Å². The highest BCUT2D eigenvalue weighted by Gasteiger charge is 2.28. The number of ether oxygens (including phenoxy) is 1. The summed E-state index contributed by atoms with van der Waals surface area (Å²) in [6, 6.07) is 3.83. The number of aryl methyl sites for hydroxylation is 2. The van der Waals surface area contributed by atoms with E-state index in [0.717, 1.165) is 30.5 Å². The third kappa shape index (κ3) is 4.03. The zero-order valence-corrected chi connectivity index (χ0v) is 14.3. The van der Waals surface area contributed by atoms with Gasteiger partial charge in [-0.05, 0) is 62.8 Å². The molecule has 5 heteroatoms. The number of hydrogen-bond acceptors (Lipinski definition) is 3. The number of amides is 1. The molecule has 1 fully saturated rings. The molecule has 0 aromatic heterocycles. The van der Waals surface area contributed by atoms with Gasteiger partial charge in [0.15, 0.2) is 6.61 Å². The highest BCUT2D eigenvalue weighted by atomic mass is 16.5. The molecular weight excluding hydrogens is 294 g/mol. The number of benzene rings is 1. The molecule has 0 radical (unpaired) electrons. The van der Waals surface area contributed by atoms with Crippen molar-refractivity contribution in [1.29, 1.82) is 0 Å². The minimum Gasteiger partial charge on any atom is -0.481 e. The van der Waals surface area contributed by atoms with Crippen LogP contribution in [0.4, 0.5) is 0 Å². The topological polar surface area (TPSA) is 66.8 Å². The Balaban J connectivity index is 2.23. The van der Waals surface area contributed by atoms with Gasteiger partial charge in [0.2, 0.25) is 0 Å². The summed E-state index contributed by atoms with van der Waals surface area (Å²) in [5.41, 5.74) is 2.21. The molecule has 1 aliphatic heterocycles. The Labute approximate surface area is 137 Å². The fraction of sp³-hybridized carbons (Fsp3) is 0.556. The van der Waals surface area contributed by atoms with Crippen molar-refractivity contribution in [2.45, 2.75) is 46.6 Å². The molecule has 2 atom stereocenters. The number of carboxylic acid groups (broad SMARTS) is 1. The molecule has 1 saturated heterocycles. The van der Waals surface area contributed by atoms with Crippen molar-refractivity contribution in [3.8, 4) is 5.75 Å². The number of aliphatic carboxylic acids is 1. The lowest BCUT2D eigenvalue weighted by Crippen LogP contribution is -2.45. The lowest BCUT2D eigenvalue weighted by Gasteiger charge is -2.37. The number of hydrogen-bond donors (Lipinski definition) is 1. The Morgan fingerprint density at radius 1 is 1.22 bits per heavy atom. The van der Waals surface area contributed by atoms with E-state index in [9.17, 15) is 9.59 Å². The minimum atomic E-state index is -1.01. The van der Waals surface area contributed by atoms with Gasteiger partial charge in [0.1, 0.15) is 5.75 Å². The van der Waals surface area contributed by atoms with E-state index in [1.54, 1.807) is 12.1 Å². The summed E-state index contributed by atoms with van der Waals surface area (Å²) >= 11 is 0. The number of carboxylic acids is 1. The number of piperidine rings is 1. The molecule has 0 spiro atoms. The Kier molecular flexibility index (Phi) is 5.29. The number of rotatable bonds is 4. The van der Waals surface area contributed by atoms with Crippen molar-refractivity contribution in [2.24, 2.45) is 5.92 Å². The number of carbonyl (C=O) groups is 2. The van der Waals surface area contributed by atoms with Crippen LogP contribution >= 0.6 is 0 Å². The summed E-state index contributed by atoms with van der Waals surface area (Å²) in [5.74, 6) is 0.0969. The van der Waals surface area contributed by atoms with Gasteiger partial charge in [0.05, 0.1) is 0 Å². The first kappa shape index (κ1) is 17.3. The second kappa shape index (κ2) is 7.02. The molecule has 1 N–H and O–H groups in total. The summed E-state index contributed by atoms with van der Waals surface area (Å²) in [7, 11) is 0. The van der Waals surface area contributed by atoms with Crippen LogP contribution < -0.4 is 4.74 Å². The molecule has 5 nitrogen and oxygen atoms in total. The van der Waals surface area contributed by atoms with Crippen LogP contribution in [0.5, 0.6) is 5.75 Å². The van der Waals surface area contributed by atoms with E-state index in [1.807, 2.05) is 18.7 Å². The standard InChI is InChI=1S/C18H25NO4/c1-11-5-6-14(4)19(9-11)18(22)15-7-12(2)17(13(3)8-15)23-10-16(20)21/h7-8,11,14H,5-6,9-10H2,1-4H3,(H,20,21). The van der Waals surface area contributed by atoms with E-state index in [0.29, 0.717) is 17.2 Å². The van der Waals surface area contributed by atoms with Crippen LogP contribution in [-0.2, 0) is 4.79 Å². The number of likely N-dealkylation sites (tertiary alicyclic amines) is 1. The van der Waals surface area contributed by atoms with Gasteiger partial charge in [-0.15, -0.1) is 0 Å². The van der Waals surface area contributed by atoms with Crippen molar-refractivity contribution >= 4 is 11.9 Å². The van der Waals surface area contributed by atoms with Crippen molar-refractivity contribution in [3.63, 3.8) is 0 Å². The molecule has 1 aromatic rings. The van der Waals surface area contributed by atoms with Gasteiger partial charge >= 0.3 is 5.97 Å².